The second-order valence-electron chi connectivity index (χ2n) is 5.23. The van der Waals surface area contributed by atoms with Gasteiger partial charge in [-0.1, -0.05) is 53.2 Å². The minimum absolute atomic E-state index is 0.400. The summed E-state index contributed by atoms with van der Waals surface area (Å²) in [6.07, 6.45) is 1.59. The highest BCUT2D eigenvalue weighted by Gasteiger charge is 2.13. The van der Waals surface area contributed by atoms with Crippen LogP contribution in [0, 0.1) is 18.3 Å². The molecule has 1 heterocycles. The largest absolute Gasteiger partial charge is 0.216 e. The molecule has 0 amide bonds. The molecule has 0 radical (unpaired) electrons. The molecular formula is C18H16N4. The highest BCUT2D eigenvalue weighted by Crippen LogP contribution is 2.16. The van der Waals surface area contributed by atoms with Crippen molar-refractivity contribution in [2.24, 2.45) is 0 Å². The molecule has 108 valence electrons. The van der Waals surface area contributed by atoms with Gasteiger partial charge in [-0.05, 0) is 37.5 Å². The van der Waals surface area contributed by atoms with E-state index in [4.69, 9.17) is 0 Å². The molecule has 0 aliphatic heterocycles. The minimum Gasteiger partial charge on any atom is -0.216 e. The van der Waals surface area contributed by atoms with E-state index in [0.717, 1.165) is 24.2 Å². The van der Waals surface area contributed by atoms with E-state index >= 15 is 0 Å². The molecule has 0 bridgehead atoms. The maximum atomic E-state index is 9.25. The summed E-state index contributed by atoms with van der Waals surface area (Å²) < 4.78 is 1.76. The molecule has 3 aromatic rings. The molecule has 0 aliphatic rings. The van der Waals surface area contributed by atoms with Gasteiger partial charge in [0.15, 0.2) is 5.69 Å². The van der Waals surface area contributed by atoms with E-state index in [1.807, 2.05) is 49.4 Å². The number of nitriles is 1. The zero-order chi connectivity index (χ0) is 15.4. The van der Waals surface area contributed by atoms with E-state index in [1.165, 1.54) is 11.1 Å². The number of aryl methyl sites for hydroxylation is 2. The maximum absolute atomic E-state index is 9.25. The van der Waals surface area contributed by atoms with Crippen LogP contribution in [0.4, 0.5) is 0 Å². The summed E-state index contributed by atoms with van der Waals surface area (Å²) in [6, 6.07) is 20.4. The van der Waals surface area contributed by atoms with Crippen molar-refractivity contribution in [3.8, 4) is 11.8 Å². The van der Waals surface area contributed by atoms with E-state index in [9.17, 15) is 5.26 Å². The van der Waals surface area contributed by atoms with E-state index < -0.39 is 0 Å². The fraction of sp³-hybridized carbons (Fsp3) is 0.167. The first-order chi connectivity index (χ1) is 10.8. The van der Waals surface area contributed by atoms with Crippen LogP contribution in [0.3, 0.4) is 0 Å². The standard InChI is InChI=1S/C18H16N4/c1-14-7-10-16(11-8-14)22-18(17(13-19)20-21-22)12-9-15-5-3-2-4-6-15/h2-8,10-11H,9,12H2,1H3. The van der Waals surface area contributed by atoms with Crippen molar-refractivity contribution in [1.82, 2.24) is 15.0 Å². The lowest BCUT2D eigenvalue weighted by molar-refractivity contribution is 0.751. The topological polar surface area (TPSA) is 54.5 Å². The minimum atomic E-state index is 0.400. The van der Waals surface area contributed by atoms with Gasteiger partial charge in [-0.2, -0.15) is 5.26 Å². The Balaban J connectivity index is 1.91. The first kappa shape index (κ1) is 14.0. The SMILES string of the molecule is Cc1ccc(-n2nnc(C#N)c2CCc2ccccc2)cc1. The van der Waals surface area contributed by atoms with Crippen molar-refractivity contribution in [1.29, 1.82) is 5.26 Å². The van der Waals surface area contributed by atoms with Crippen molar-refractivity contribution in [2.75, 3.05) is 0 Å². The summed E-state index contributed by atoms with van der Waals surface area (Å²) in [5.41, 5.74) is 4.62. The van der Waals surface area contributed by atoms with Crippen LogP contribution in [0.25, 0.3) is 5.69 Å². The molecule has 0 saturated heterocycles. The molecule has 22 heavy (non-hydrogen) atoms. The maximum Gasteiger partial charge on any atom is 0.186 e. The van der Waals surface area contributed by atoms with Gasteiger partial charge >= 0.3 is 0 Å². The van der Waals surface area contributed by atoms with Crippen LogP contribution >= 0.6 is 0 Å². The summed E-state index contributed by atoms with van der Waals surface area (Å²) in [4.78, 5) is 0. The van der Waals surface area contributed by atoms with E-state index in [2.05, 4.69) is 28.5 Å². The Hall–Kier alpha value is -2.93. The van der Waals surface area contributed by atoms with Gasteiger partial charge in [0.2, 0.25) is 0 Å². The third-order valence-corrected chi connectivity index (χ3v) is 3.64. The van der Waals surface area contributed by atoms with Crippen molar-refractivity contribution < 1.29 is 0 Å². The fourth-order valence-electron chi connectivity index (χ4n) is 2.41. The molecule has 0 N–H and O–H groups in total. The third kappa shape index (κ3) is 2.89. The lowest BCUT2D eigenvalue weighted by atomic mass is 10.1. The number of hydrogen-bond acceptors (Lipinski definition) is 3. The number of benzene rings is 2. The average molecular weight is 288 g/mol. The Morgan fingerprint density at radius 1 is 1.00 bits per heavy atom. The highest BCUT2D eigenvalue weighted by molar-refractivity contribution is 5.38. The Kier molecular flexibility index (Phi) is 3.97. The van der Waals surface area contributed by atoms with Crippen LogP contribution in [-0.2, 0) is 12.8 Å². The lowest BCUT2D eigenvalue weighted by Gasteiger charge is -2.07. The van der Waals surface area contributed by atoms with Gasteiger partial charge in [-0.15, -0.1) is 5.10 Å². The molecular weight excluding hydrogens is 272 g/mol. The number of aromatic nitrogens is 3. The molecule has 0 atom stereocenters. The van der Waals surface area contributed by atoms with Crippen LogP contribution in [-0.4, -0.2) is 15.0 Å². The van der Waals surface area contributed by atoms with Crippen LogP contribution in [0.1, 0.15) is 22.5 Å². The van der Waals surface area contributed by atoms with Gasteiger partial charge in [-0.25, -0.2) is 4.68 Å². The van der Waals surface area contributed by atoms with Crippen molar-refractivity contribution in [3.05, 3.63) is 77.1 Å². The second-order valence-corrected chi connectivity index (χ2v) is 5.23. The van der Waals surface area contributed by atoms with Crippen LogP contribution in [0.15, 0.2) is 54.6 Å². The normalized spacial score (nSPS) is 10.4. The first-order valence-corrected chi connectivity index (χ1v) is 7.23. The fourth-order valence-corrected chi connectivity index (χ4v) is 2.41. The quantitative estimate of drug-likeness (QED) is 0.740. The van der Waals surface area contributed by atoms with E-state index in [1.54, 1.807) is 4.68 Å². The molecule has 0 spiro atoms. The van der Waals surface area contributed by atoms with Gasteiger partial charge in [0.1, 0.15) is 6.07 Å². The summed E-state index contributed by atoms with van der Waals surface area (Å²) >= 11 is 0. The van der Waals surface area contributed by atoms with Crippen LogP contribution < -0.4 is 0 Å². The predicted octanol–water partition coefficient (Wildman–Crippen LogP) is 3.23. The number of rotatable bonds is 4. The summed E-state index contributed by atoms with van der Waals surface area (Å²) in [5, 5.41) is 17.4. The smallest absolute Gasteiger partial charge is 0.186 e. The predicted molar refractivity (Wildman–Crippen MR) is 84.7 cm³/mol. The number of hydrogen-bond donors (Lipinski definition) is 0. The lowest BCUT2D eigenvalue weighted by Crippen LogP contribution is -2.05. The molecule has 2 aromatic carbocycles. The zero-order valence-electron chi connectivity index (χ0n) is 12.4. The van der Waals surface area contributed by atoms with Crippen molar-refractivity contribution in [3.63, 3.8) is 0 Å². The van der Waals surface area contributed by atoms with Crippen LogP contribution in [0.5, 0.6) is 0 Å². The van der Waals surface area contributed by atoms with Gasteiger partial charge < -0.3 is 0 Å². The summed E-state index contributed by atoms with van der Waals surface area (Å²) in [7, 11) is 0. The van der Waals surface area contributed by atoms with Gasteiger partial charge in [-0.3, -0.25) is 0 Å². The van der Waals surface area contributed by atoms with Crippen LogP contribution in [0.2, 0.25) is 0 Å². The van der Waals surface area contributed by atoms with Crippen molar-refractivity contribution >= 4 is 0 Å². The molecule has 3 rings (SSSR count). The van der Waals surface area contributed by atoms with Crippen molar-refractivity contribution in [2.45, 2.75) is 19.8 Å². The molecule has 0 fully saturated rings. The van der Waals surface area contributed by atoms with Gasteiger partial charge in [0, 0.05) is 0 Å². The Labute approximate surface area is 129 Å². The average Bonchev–Trinajstić information content (AvgIpc) is 2.97. The molecule has 0 saturated carbocycles. The number of nitrogens with zero attached hydrogens (tertiary/aromatic N) is 4. The molecule has 1 aromatic heterocycles. The Morgan fingerprint density at radius 3 is 2.41 bits per heavy atom. The van der Waals surface area contributed by atoms with E-state index in [-0.39, 0.29) is 0 Å². The molecule has 0 aliphatic carbocycles. The first-order valence-electron chi connectivity index (χ1n) is 7.23. The summed E-state index contributed by atoms with van der Waals surface area (Å²) in [6.45, 7) is 2.04. The summed E-state index contributed by atoms with van der Waals surface area (Å²) in [5.74, 6) is 0. The molecule has 0 unspecified atom stereocenters. The van der Waals surface area contributed by atoms with Gasteiger partial charge in [0.05, 0.1) is 11.4 Å². The monoisotopic (exact) mass is 288 g/mol. The molecule has 4 nitrogen and oxygen atoms in total. The van der Waals surface area contributed by atoms with Gasteiger partial charge in [0.25, 0.3) is 0 Å². The highest BCUT2D eigenvalue weighted by atomic mass is 15.4. The third-order valence-electron chi connectivity index (χ3n) is 3.64. The van der Waals surface area contributed by atoms with E-state index in [0.29, 0.717) is 5.69 Å². The Bertz CT molecular complexity index is 795. The Morgan fingerprint density at radius 2 is 1.73 bits per heavy atom. The zero-order valence-corrected chi connectivity index (χ0v) is 12.4. The second kappa shape index (κ2) is 6.23. The molecule has 4 heteroatoms.